The van der Waals surface area contributed by atoms with Crippen LogP contribution >= 0.6 is 11.6 Å². The normalized spacial score (nSPS) is 19.1. The molecule has 0 bridgehead atoms. The molecule has 2 fully saturated rings. The van der Waals surface area contributed by atoms with Crippen molar-refractivity contribution >= 4 is 23.2 Å². The van der Waals surface area contributed by atoms with Crippen LogP contribution in [-0.4, -0.2) is 63.5 Å². The van der Waals surface area contributed by atoms with Crippen LogP contribution in [0.3, 0.4) is 0 Å². The van der Waals surface area contributed by atoms with E-state index in [0.29, 0.717) is 29.7 Å². The summed E-state index contributed by atoms with van der Waals surface area (Å²) in [6.07, 6.45) is 7.75. The van der Waals surface area contributed by atoms with Gasteiger partial charge in [0.25, 0.3) is 0 Å². The number of aliphatic hydroxyl groups is 2. The first kappa shape index (κ1) is 31.8. The molecule has 3 N–H and O–H groups in total. The fourth-order valence-corrected chi connectivity index (χ4v) is 7.26. The third kappa shape index (κ3) is 7.23. The van der Waals surface area contributed by atoms with E-state index in [2.05, 4.69) is 31.2 Å². The zero-order valence-corrected chi connectivity index (χ0v) is 27.2. The summed E-state index contributed by atoms with van der Waals surface area (Å²) in [6, 6.07) is 17.1. The van der Waals surface area contributed by atoms with Crippen molar-refractivity contribution in [3.05, 3.63) is 100 Å². The van der Waals surface area contributed by atoms with E-state index < -0.39 is 0 Å². The van der Waals surface area contributed by atoms with Gasteiger partial charge in [0.05, 0.1) is 29.0 Å². The molecule has 246 valence electrons. The van der Waals surface area contributed by atoms with Crippen LogP contribution in [0.4, 0.5) is 16.0 Å². The molecule has 3 heterocycles. The van der Waals surface area contributed by atoms with E-state index in [1.165, 1.54) is 6.07 Å². The van der Waals surface area contributed by atoms with E-state index in [1.54, 1.807) is 18.5 Å². The Morgan fingerprint density at radius 3 is 2.32 bits per heavy atom. The Balaban J connectivity index is 1.11. The summed E-state index contributed by atoms with van der Waals surface area (Å²) < 4.78 is 21.2. The van der Waals surface area contributed by atoms with Gasteiger partial charge >= 0.3 is 0 Å². The van der Waals surface area contributed by atoms with Gasteiger partial charge in [0.1, 0.15) is 18.2 Å². The molecule has 0 unspecified atom stereocenters. The van der Waals surface area contributed by atoms with E-state index in [-0.39, 0.29) is 24.1 Å². The van der Waals surface area contributed by atoms with E-state index in [0.717, 1.165) is 104 Å². The summed E-state index contributed by atoms with van der Waals surface area (Å²) in [6.45, 7) is 4.06. The van der Waals surface area contributed by atoms with Crippen molar-refractivity contribution in [3.63, 3.8) is 0 Å². The van der Waals surface area contributed by atoms with Crippen LogP contribution in [0.25, 0.3) is 11.1 Å². The number of aliphatic hydroxyl groups excluding tert-OH is 2. The van der Waals surface area contributed by atoms with Crippen LogP contribution in [-0.2, 0) is 19.6 Å². The maximum Gasteiger partial charge on any atom is 0.225 e. The van der Waals surface area contributed by atoms with Gasteiger partial charge in [-0.3, -0.25) is 4.90 Å². The first-order valence-electron chi connectivity index (χ1n) is 16.6. The Kier molecular flexibility index (Phi) is 9.58. The van der Waals surface area contributed by atoms with Crippen molar-refractivity contribution in [2.24, 2.45) is 0 Å². The van der Waals surface area contributed by atoms with Crippen LogP contribution in [0.5, 0.6) is 5.75 Å². The van der Waals surface area contributed by atoms with Crippen molar-refractivity contribution in [1.82, 2.24) is 14.9 Å². The number of nitrogens with one attached hydrogen (secondary N) is 1. The Bertz CT molecular complexity index is 1690. The van der Waals surface area contributed by atoms with Gasteiger partial charge in [-0.25, -0.2) is 14.4 Å². The largest absolute Gasteiger partial charge is 0.488 e. The zero-order valence-electron chi connectivity index (χ0n) is 26.4. The average Bonchev–Trinajstić information content (AvgIpc) is 3.50. The van der Waals surface area contributed by atoms with Crippen LogP contribution in [0.15, 0.2) is 67.0 Å². The molecule has 3 aliphatic rings. The molecular weight excluding hydrogens is 617 g/mol. The minimum absolute atomic E-state index is 0.0216. The number of hydrogen-bond acceptors (Lipinski definition) is 8. The molecule has 0 amide bonds. The Hall–Kier alpha value is -3.76. The molecule has 1 atom stereocenters. The monoisotopic (exact) mass is 657 g/mol. The van der Waals surface area contributed by atoms with E-state index in [1.807, 2.05) is 36.4 Å². The highest BCUT2D eigenvalue weighted by atomic mass is 35.5. The molecule has 2 aliphatic heterocycles. The molecule has 47 heavy (non-hydrogen) atoms. The third-order valence-corrected chi connectivity index (χ3v) is 10.0. The molecule has 8 nitrogen and oxygen atoms in total. The van der Waals surface area contributed by atoms with Crippen molar-refractivity contribution < 1.29 is 19.3 Å². The molecule has 7 rings (SSSR count). The lowest BCUT2D eigenvalue weighted by atomic mass is 9.96. The molecular formula is C37H41ClFN5O3. The number of likely N-dealkylation sites (tertiary alicyclic amines) is 1. The number of nitrogens with zero attached hydrogens (tertiary/aromatic N) is 4. The van der Waals surface area contributed by atoms with Gasteiger partial charge in [-0.15, -0.1) is 0 Å². The van der Waals surface area contributed by atoms with Gasteiger partial charge in [0.2, 0.25) is 5.95 Å². The Morgan fingerprint density at radius 2 is 1.57 bits per heavy atom. The molecule has 0 saturated carbocycles. The van der Waals surface area contributed by atoms with E-state index in [9.17, 15) is 14.6 Å². The SMILES string of the molecule is OC1CCN(Cc2cc(Cl)c(N[C@H]3CCc4c(-c5ccccc5F)cccc43)cc2OCc2cnc(N3CCC(O)CC3)nc2)CC1. The lowest BCUT2D eigenvalue weighted by Gasteiger charge is -2.30. The lowest BCUT2D eigenvalue weighted by Crippen LogP contribution is -2.36. The predicted molar refractivity (Wildman–Crippen MR) is 182 cm³/mol. The quantitative estimate of drug-likeness (QED) is 0.187. The summed E-state index contributed by atoms with van der Waals surface area (Å²) in [7, 11) is 0. The van der Waals surface area contributed by atoms with Gasteiger partial charge in [0, 0.05) is 67.9 Å². The van der Waals surface area contributed by atoms with Gasteiger partial charge < -0.3 is 25.2 Å². The topological polar surface area (TPSA) is 94.0 Å². The van der Waals surface area contributed by atoms with E-state index in [4.69, 9.17) is 16.3 Å². The predicted octanol–water partition coefficient (Wildman–Crippen LogP) is 6.53. The summed E-state index contributed by atoms with van der Waals surface area (Å²) in [5.41, 5.74) is 6.50. The average molecular weight is 658 g/mol. The van der Waals surface area contributed by atoms with Crippen molar-refractivity contribution in [1.29, 1.82) is 0 Å². The first-order chi connectivity index (χ1) is 22.9. The van der Waals surface area contributed by atoms with Gasteiger partial charge in [0.15, 0.2) is 0 Å². The lowest BCUT2D eigenvalue weighted by molar-refractivity contribution is 0.0787. The molecule has 3 aromatic carbocycles. The number of rotatable bonds is 9. The molecule has 1 aromatic heterocycles. The second-order valence-corrected chi connectivity index (χ2v) is 13.3. The van der Waals surface area contributed by atoms with Crippen molar-refractivity contribution in [2.75, 3.05) is 36.4 Å². The molecule has 0 spiro atoms. The number of halogens is 2. The molecule has 0 radical (unpaired) electrons. The minimum Gasteiger partial charge on any atom is -0.488 e. The molecule has 2 saturated heterocycles. The fraction of sp³-hybridized carbons (Fsp3) is 0.405. The number of benzene rings is 3. The molecule has 1 aliphatic carbocycles. The minimum atomic E-state index is -0.248. The maximum atomic E-state index is 14.7. The highest BCUT2D eigenvalue weighted by molar-refractivity contribution is 6.33. The highest BCUT2D eigenvalue weighted by Gasteiger charge is 2.27. The maximum absolute atomic E-state index is 14.7. The molecule has 10 heteroatoms. The van der Waals surface area contributed by atoms with E-state index >= 15 is 0 Å². The van der Waals surface area contributed by atoms with Crippen molar-refractivity contribution in [2.45, 2.75) is 69.9 Å². The van der Waals surface area contributed by atoms with Gasteiger partial charge in [-0.1, -0.05) is 48.0 Å². The van der Waals surface area contributed by atoms with Crippen LogP contribution < -0.4 is 15.0 Å². The Labute approximate surface area is 280 Å². The van der Waals surface area contributed by atoms with Crippen molar-refractivity contribution in [3.8, 4) is 16.9 Å². The third-order valence-electron chi connectivity index (χ3n) is 9.70. The number of ether oxygens (including phenoxy) is 1. The second kappa shape index (κ2) is 14.2. The number of hydrogen-bond donors (Lipinski definition) is 3. The summed E-state index contributed by atoms with van der Waals surface area (Å²) in [4.78, 5) is 13.6. The van der Waals surface area contributed by atoms with Gasteiger partial charge in [-0.05, 0) is 67.3 Å². The summed E-state index contributed by atoms with van der Waals surface area (Å²) in [5.74, 6) is 1.18. The standard InChI is InChI=1S/C37H41ClFN5O3/c38-32-18-25(22-43-14-10-26(45)11-15-43)36(47-23-24-20-40-37(41-21-24)44-16-12-27(46)13-17-44)19-35(32)42-34-9-8-29-28(5-3-6-31(29)34)30-4-1-2-7-33(30)39/h1-7,18-21,26-27,34,42,45-46H,8-17,22-23H2/t34-/m0/s1. The van der Waals surface area contributed by atoms with Crippen LogP contribution in [0.1, 0.15) is 60.4 Å². The van der Waals surface area contributed by atoms with Gasteiger partial charge in [-0.2, -0.15) is 0 Å². The summed E-state index contributed by atoms with van der Waals surface area (Å²) in [5, 5.41) is 24.2. The fourth-order valence-electron chi connectivity index (χ4n) is 7.02. The second-order valence-electron chi connectivity index (χ2n) is 12.9. The van der Waals surface area contributed by atoms with Crippen LogP contribution in [0, 0.1) is 5.82 Å². The first-order valence-corrected chi connectivity index (χ1v) is 17.0. The number of fused-ring (bicyclic) bond motifs is 1. The highest BCUT2D eigenvalue weighted by Crippen LogP contribution is 2.42. The molecule has 4 aromatic rings. The Morgan fingerprint density at radius 1 is 0.872 bits per heavy atom. The zero-order chi connectivity index (χ0) is 32.3. The number of aromatic nitrogens is 2. The smallest absolute Gasteiger partial charge is 0.225 e. The number of piperidine rings is 2. The van der Waals surface area contributed by atoms with Crippen LogP contribution in [0.2, 0.25) is 5.02 Å². The number of anilines is 2. The summed E-state index contributed by atoms with van der Waals surface area (Å²) >= 11 is 6.95.